The van der Waals surface area contributed by atoms with Crippen molar-refractivity contribution in [2.45, 2.75) is 70.0 Å². The summed E-state index contributed by atoms with van der Waals surface area (Å²) < 4.78 is 16.1. The lowest BCUT2D eigenvalue weighted by atomic mass is 9.96. The van der Waals surface area contributed by atoms with Gasteiger partial charge in [-0.3, -0.25) is 9.80 Å². The van der Waals surface area contributed by atoms with Crippen molar-refractivity contribution in [2.75, 3.05) is 27.1 Å². The van der Waals surface area contributed by atoms with Crippen LogP contribution in [0.4, 0.5) is 4.79 Å². The van der Waals surface area contributed by atoms with Crippen molar-refractivity contribution >= 4 is 6.09 Å². The van der Waals surface area contributed by atoms with Crippen LogP contribution in [0.2, 0.25) is 0 Å². The van der Waals surface area contributed by atoms with Crippen LogP contribution in [0.5, 0.6) is 0 Å². The molecule has 0 radical (unpaired) electrons. The minimum atomic E-state index is -0.733. The molecule has 2 aliphatic heterocycles. The van der Waals surface area contributed by atoms with Gasteiger partial charge in [-0.1, -0.05) is 30.3 Å². The number of hydrogen-bond donors (Lipinski definition) is 1. The lowest BCUT2D eigenvalue weighted by Crippen LogP contribution is -2.65. The van der Waals surface area contributed by atoms with Crippen molar-refractivity contribution in [3.8, 4) is 0 Å². The number of aliphatic hydroxyl groups is 1. The first-order valence-electron chi connectivity index (χ1n) is 10.3. The highest BCUT2D eigenvalue weighted by Gasteiger charge is 2.51. The van der Waals surface area contributed by atoms with Gasteiger partial charge in [0.15, 0.2) is 0 Å². The topological polar surface area (TPSA) is 71.5 Å². The van der Waals surface area contributed by atoms with E-state index in [1.807, 2.05) is 43.9 Å². The van der Waals surface area contributed by atoms with Crippen molar-refractivity contribution in [1.29, 1.82) is 0 Å². The average Bonchev–Trinajstić information content (AvgIpc) is 2.96. The Kier molecular flexibility index (Phi) is 7.16. The van der Waals surface area contributed by atoms with Crippen molar-refractivity contribution in [3.63, 3.8) is 0 Å². The number of piperazine rings is 1. The van der Waals surface area contributed by atoms with Crippen molar-refractivity contribution in [1.82, 2.24) is 9.80 Å². The summed E-state index contributed by atoms with van der Waals surface area (Å²) in [5.74, 6) is 0. The Balaban J connectivity index is 1.80. The summed E-state index contributed by atoms with van der Waals surface area (Å²) in [6, 6.07) is 9.99. The number of benzene rings is 1. The van der Waals surface area contributed by atoms with E-state index in [0.29, 0.717) is 6.54 Å². The number of hydrogen-bond acceptors (Lipinski definition) is 6. The van der Waals surface area contributed by atoms with Gasteiger partial charge in [-0.2, -0.15) is 0 Å². The highest BCUT2D eigenvalue weighted by Crippen LogP contribution is 2.37. The van der Waals surface area contributed by atoms with Crippen LogP contribution in [0.1, 0.15) is 39.2 Å². The second kappa shape index (κ2) is 9.43. The normalized spacial score (nSPS) is 25.8. The van der Waals surface area contributed by atoms with Gasteiger partial charge in [-0.15, -0.1) is 0 Å². The Hall–Kier alpha value is -1.67. The Morgan fingerprint density at radius 3 is 2.62 bits per heavy atom. The zero-order valence-electron chi connectivity index (χ0n) is 17.9. The highest BCUT2D eigenvalue weighted by molar-refractivity contribution is 5.70. The summed E-state index contributed by atoms with van der Waals surface area (Å²) in [5, 5.41) is 11.0. The average molecular weight is 407 g/mol. The summed E-state index contributed by atoms with van der Waals surface area (Å²) in [5.41, 5.74) is 0.639. The Morgan fingerprint density at radius 2 is 1.97 bits per heavy atom. The van der Waals surface area contributed by atoms with E-state index in [0.717, 1.165) is 19.4 Å². The van der Waals surface area contributed by atoms with Gasteiger partial charge < -0.3 is 19.3 Å². The molecule has 1 aromatic carbocycles. The van der Waals surface area contributed by atoms with Gasteiger partial charge >= 0.3 is 6.09 Å². The first-order valence-corrected chi connectivity index (χ1v) is 10.3. The minimum Gasteiger partial charge on any atom is -0.444 e. The fourth-order valence-corrected chi connectivity index (χ4v) is 4.50. The molecule has 4 unspecified atom stereocenters. The maximum atomic E-state index is 12.9. The predicted molar refractivity (Wildman–Crippen MR) is 109 cm³/mol. The maximum absolute atomic E-state index is 12.9. The SMILES string of the molecule is COCOCC(O)C1C2CCC(CN1Cc1ccccc1)N2C(=O)OC(C)(C)C. The number of fused-ring (bicyclic) bond motifs is 2. The fraction of sp³-hybridized carbons (Fsp3) is 0.682. The van der Waals surface area contributed by atoms with Crippen LogP contribution >= 0.6 is 0 Å². The molecule has 3 rings (SSSR count). The third kappa shape index (κ3) is 5.48. The van der Waals surface area contributed by atoms with E-state index in [4.69, 9.17) is 14.2 Å². The molecule has 2 aliphatic rings. The summed E-state index contributed by atoms with van der Waals surface area (Å²) >= 11 is 0. The van der Waals surface area contributed by atoms with Crippen LogP contribution in [-0.4, -0.2) is 77.9 Å². The molecule has 2 bridgehead atoms. The number of methoxy groups -OCH3 is 1. The molecule has 0 saturated carbocycles. The summed E-state index contributed by atoms with van der Waals surface area (Å²) in [7, 11) is 1.56. The number of carbonyl (C=O) groups is 1. The van der Waals surface area contributed by atoms with Crippen LogP contribution in [0, 0.1) is 0 Å². The van der Waals surface area contributed by atoms with E-state index >= 15 is 0 Å². The molecule has 1 aromatic rings. The monoisotopic (exact) mass is 406 g/mol. The first kappa shape index (κ1) is 22.0. The molecule has 7 heteroatoms. The highest BCUT2D eigenvalue weighted by atomic mass is 16.7. The van der Waals surface area contributed by atoms with Crippen LogP contribution in [0.3, 0.4) is 0 Å². The van der Waals surface area contributed by atoms with E-state index in [1.54, 1.807) is 7.11 Å². The van der Waals surface area contributed by atoms with E-state index < -0.39 is 11.7 Å². The molecule has 162 valence electrons. The van der Waals surface area contributed by atoms with Gasteiger partial charge in [0.25, 0.3) is 0 Å². The molecule has 2 heterocycles. The fourth-order valence-electron chi connectivity index (χ4n) is 4.50. The van der Waals surface area contributed by atoms with Crippen molar-refractivity contribution < 1.29 is 24.1 Å². The molecule has 1 amide bonds. The Bertz CT molecular complexity index is 663. The molecular weight excluding hydrogens is 372 g/mol. The minimum absolute atomic E-state index is 0.0990. The second-order valence-corrected chi connectivity index (χ2v) is 8.94. The molecule has 7 nitrogen and oxygen atoms in total. The predicted octanol–water partition coefficient (Wildman–Crippen LogP) is 2.62. The molecule has 0 spiro atoms. The van der Waals surface area contributed by atoms with Gasteiger partial charge in [-0.05, 0) is 39.2 Å². The number of rotatable bonds is 7. The van der Waals surface area contributed by atoms with Crippen molar-refractivity contribution in [2.24, 2.45) is 0 Å². The van der Waals surface area contributed by atoms with Crippen LogP contribution < -0.4 is 0 Å². The lowest BCUT2D eigenvalue weighted by Gasteiger charge is -2.48. The number of nitrogens with zero attached hydrogens (tertiary/aromatic N) is 2. The summed E-state index contributed by atoms with van der Waals surface area (Å²) in [6.45, 7) is 7.35. The molecule has 2 saturated heterocycles. The molecule has 0 aliphatic carbocycles. The standard InChI is InChI=1S/C22H34N2O5/c1-22(2,3)29-21(26)24-17-10-11-18(24)20(19(25)14-28-15-27-4)23(13-17)12-16-8-6-5-7-9-16/h5-9,17-20,25H,10-15H2,1-4H3. The Labute approximate surface area is 173 Å². The van der Waals surface area contributed by atoms with Gasteiger partial charge in [0.05, 0.1) is 24.8 Å². The summed E-state index contributed by atoms with van der Waals surface area (Å²) in [6.07, 6.45) is 0.737. The number of amides is 1. The largest absolute Gasteiger partial charge is 0.444 e. The quantitative estimate of drug-likeness (QED) is 0.554. The van der Waals surface area contributed by atoms with Crippen molar-refractivity contribution in [3.05, 3.63) is 35.9 Å². The van der Waals surface area contributed by atoms with Gasteiger partial charge in [0, 0.05) is 26.2 Å². The number of ether oxygens (including phenoxy) is 3. The zero-order chi connectivity index (χ0) is 21.0. The van der Waals surface area contributed by atoms with Crippen LogP contribution in [0.25, 0.3) is 0 Å². The van der Waals surface area contributed by atoms with E-state index in [-0.39, 0.29) is 37.6 Å². The summed E-state index contributed by atoms with van der Waals surface area (Å²) in [4.78, 5) is 17.1. The zero-order valence-corrected chi connectivity index (χ0v) is 17.9. The molecule has 4 atom stereocenters. The maximum Gasteiger partial charge on any atom is 0.410 e. The third-order valence-electron chi connectivity index (χ3n) is 5.52. The van der Waals surface area contributed by atoms with E-state index in [9.17, 15) is 9.90 Å². The third-order valence-corrected chi connectivity index (χ3v) is 5.52. The molecular formula is C22H34N2O5. The van der Waals surface area contributed by atoms with E-state index in [1.165, 1.54) is 5.56 Å². The second-order valence-electron chi connectivity index (χ2n) is 8.94. The lowest BCUT2D eigenvalue weighted by molar-refractivity contribution is -0.105. The molecule has 1 N–H and O–H groups in total. The number of likely N-dealkylation sites (tertiary alicyclic amines) is 1. The van der Waals surface area contributed by atoms with Gasteiger partial charge in [0.2, 0.25) is 0 Å². The van der Waals surface area contributed by atoms with Crippen LogP contribution in [-0.2, 0) is 20.8 Å². The Morgan fingerprint density at radius 1 is 1.24 bits per heavy atom. The molecule has 29 heavy (non-hydrogen) atoms. The van der Waals surface area contributed by atoms with Crippen LogP contribution in [0.15, 0.2) is 30.3 Å². The smallest absolute Gasteiger partial charge is 0.410 e. The number of carbonyl (C=O) groups excluding carboxylic acids is 1. The van der Waals surface area contributed by atoms with E-state index in [2.05, 4.69) is 17.0 Å². The van der Waals surface area contributed by atoms with Gasteiger partial charge in [-0.25, -0.2) is 4.79 Å². The first-order chi connectivity index (χ1) is 13.8. The molecule has 2 fully saturated rings. The number of aliphatic hydroxyl groups excluding tert-OH is 1. The van der Waals surface area contributed by atoms with Gasteiger partial charge in [0.1, 0.15) is 12.4 Å². The molecule has 0 aromatic heterocycles.